The molecule has 488 valence electrons. The Labute approximate surface area is 587 Å². The topological polar surface area (TPSA) is 71.7 Å². The average Bonchev–Trinajstić information content (AvgIpc) is 1.66. The zero-order chi connectivity index (χ0) is 67.2. The van der Waals surface area contributed by atoms with Gasteiger partial charge >= 0.3 is 225 Å². The van der Waals surface area contributed by atoms with Crippen molar-refractivity contribution in [3.8, 4) is 11.5 Å². The number of hydrogen-bond donors (Lipinski definition) is 2. The first kappa shape index (κ1) is 71.1. The third-order valence-corrected chi connectivity index (χ3v) is 20.5. The van der Waals surface area contributed by atoms with Crippen LogP contribution < -0.4 is 9.80 Å². The van der Waals surface area contributed by atoms with Crippen molar-refractivity contribution in [1.29, 1.82) is 0 Å². The molecule has 0 atom stereocenters. The molecule has 10 aromatic rings. The van der Waals surface area contributed by atoms with Crippen molar-refractivity contribution in [2.45, 2.75) is 88.0 Å². The van der Waals surface area contributed by atoms with Gasteiger partial charge in [0.15, 0.2) is 0 Å². The number of para-hydroxylation sites is 4. The third-order valence-electron chi connectivity index (χ3n) is 16.6. The van der Waals surface area contributed by atoms with E-state index in [1.807, 2.05) is 99.6 Å². The number of aliphatic imine (C=N–C) groups is 2. The number of allylic oxidation sites excluding steroid dienone is 2. The van der Waals surface area contributed by atoms with Crippen molar-refractivity contribution in [2.24, 2.45) is 9.98 Å². The van der Waals surface area contributed by atoms with E-state index in [2.05, 4.69) is 208 Å². The maximum atomic E-state index is 9.64. The number of rotatable bonds is 8. The van der Waals surface area contributed by atoms with Gasteiger partial charge in [-0.1, -0.05) is 109 Å². The summed E-state index contributed by atoms with van der Waals surface area (Å²) in [6.45, 7) is 26.3. The molecule has 2 aliphatic carbocycles. The molecule has 0 radical (unpaired) electrons. The van der Waals surface area contributed by atoms with E-state index in [0.29, 0.717) is 0 Å². The van der Waals surface area contributed by atoms with E-state index >= 15 is 0 Å². The summed E-state index contributed by atoms with van der Waals surface area (Å²) in [7, 11) is 12.2. The van der Waals surface area contributed by atoms with E-state index in [-0.39, 0.29) is 42.9 Å². The molecule has 2 saturated heterocycles. The van der Waals surface area contributed by atoms with Crippen LogP contribution >= 0.6 is 19.4 Å². The summed E-state index contributed by atoms with van der Waals surface area (Å²) in [4.78, 5) is 13.6. The van der Waals surface area contributed by atoms with E-state index in [0.717, 1.165) is 39.2 Å². The average molecular weight is 1470 g/mol. The summed E-state index contributed by atoms with van der Waals surface area (Å²) in [5, 5.41) is 19.2. The molecule has 0 saturated carbocycles. The van der Waals surface area contributed by atoms with Gasteiger partial charge in [-0.3, -0.25) is 9.98 Å². The second-order valence-electron chi connectivity index (χ2n) is 23.9. The van der Waals surface area contributed by atoms with Crippen LogP contribution in [0.1, 0.15) is 120 Å². The number of fused-ring (bicyclic) bond motifs is 2. The van der Waals surface area contributed by atoms with Crippen LogP contribution in [0.3, 0.4) is 0 Å². The number of aromatic hydroxyl groups is 2. The van der Waals surface area contributed by atoms with Gasteiger partial charge < -0.3 is 20.0 Å². The Kier molecular flexibility index (Phi) is 26.6. The Morgan fingerprint density at radius 1 is 0.389 bits per heavy atom. The first-order valence-electron chi connectivity index (χ1n) is 32.2. The van der Waals surface area contributed by atoms with Crippen molar-refractivity contribution < 1.29 is 41.6 Å². The van der Waals surface area contributed by atoms with Crippen LogP contribution in [0.25, 0.3) is 11.1 Å². The fourth-order valence-electron chi connectivity index (χ4n) is 12.3. The van der Waals surface area contributed by atoms with Crippen LogP contribution in [-0.2, 0) is 31.4 Å². The molecule has 2 aliphatic heterocycles. The summed E-state index contributed by atoms with van der Waals surface area (Å²) in [5.41, 5.74) is 28.3. The van der Waals surface area contributed by atoms with E-state index in [1.54, 1.807) is 36.7 Å². The van der Waals surface area contributed by atoms with E-state index < -0.39 is 0 Å². The maximum absolute atomic E-state index is 9.64. The van der Waals surface area contributed by atoms with Gasteiger partial charge in [0, 0.05) is 34.9 Å². The first-order chi connectivity index (χ1) is 46.1. The summed E-state index contributed by atoms with van der Waals surface area (Å²) in [5.74, 6) is 0.502. The second-order valence-corrected chi connectivity index (χ2v) is 28.0. The van der Waals surface area contributed by atoms with Gasteiger partial charge in [-0.15, -0.1) is 0 Å². The standard InChI is InChI=1S/C15H15NO.2C15H10.C14H13NO.2C13H18N.2ClH.2Ru/c1-11-6-5-7-12(2)15(11)16-10-13-8-3-4-9-14(13)17;2*1-2-6-12(7-3-1)15-11-10-13-8-4-5-9-14(13)15;1-11-6-2-4-8-13(11)15-10-12-7-3-5-9-14(12)16;2*1-10-8-11(2)13(12(3)9-10)14-6-4-5-7-14;;;;/h3-10,17H,1-2H3;2*1-9,11H;2-10,16H,1H3;2*6,8-9H,4-5,7H2,1-3H3;2*1H;;/q;;;;2*-1;;;2*+1/p-2. The van der Waals surface area contributed by atoms with Gasteiger partial charge in [0.25, 0.3) is 0 Å². The van der Waals surface area contributed by atoms with Gasteiger partial charge in [0.05, 0.1) is 11.4 Å². The Morgan fingerprint density at radius 2 is 0.747 bits per heavy atom. The zero-order valence-electron chi connectivity index (χ0n) is 55.7. The number of aryl methyl sites for hydroxylation is 9. The predicted molar refractivity (Wildman–Crippen MR) is 401 cm³/mol. The number of benzene rings is 10. The summed E-state index contributed by atoms with van der Waals surface area (Å²) in [6.07, 6.45) is 12.9. The molecule has 0 bridgehead atoms. The molecule has 10 aromatic carbocycles. The molecular weight excluding hydrogens is 1380 g/mol. The number of halogens is 2. The fraction of sp³-hybridized carbons (Fsp3) is 0.176. The van der Waals surface area contributed by atoms with Gasteiger partial charge in [0.1, 0.15) is 11.5 Å². The summed E-state index contributed by atoms with van der Waals surface area (Å²) < 4.78 is 2.60. The van der Waals surface area contributed by atoms with Crippen LogP contribution in [0.2, 0.25) is 0 Å². The number of phenols is 2. The molecule has 14 rings (SSSR count). The molecule has 4 aliphatic rings. The molecule has 0 spiro atoms. The Hall–Kier alpha value is -8.21. The fourth-order valence-corrected chi connectivity index (χ4v) is 15.4. The van der Waals surface area contributed by atoms with Crippen LogP contribution in [0.15, 0.2) is 247 Å². The van der Waals surface area contributed by atoms with Crippen molar-refractivity contribution >= 4 is 73.9 Å². The molecule has 95 heavy (non-hydrogen) atoms. The van der Waals surface area contributed by atoms with Crippen LogP contribution in [0.5, 0.6) is 11.5 Å². The van der Waals surface area contributed by atoms with Crippen LogP contribution in [0.4, 0.5) is 22.7 Å². The van der Waals surface area contributed by atoms with Crippen molar-refractivity contribution in [2.75, 3.05) is 22.9 Å². The zero-order valence-corrected chi connectivity index (χ0v) is 60.7. The quantitative estimate of drug-likeness (QED) is 0.0903. The second kappa shape index (κ2) is 35.5. The number of anilines is 2. The number of hydrogen-bond acceptors (Lipinski definition) is 6. The van der Waals surface area contributed by atoms with Crippen LogP contribution in [-0.4, -0.2) is 43.9 Å². The SMILES string of the molecule is Cc1cc(C)c(N2[CH-]CCC2)c(C)c1.Cc1cc(C)c(N2[CH-]CCC2)c(C)c1.Cc1cccc(C)c1N=Cc1ccccc1O.Cc1ccccc1N=Cc1ccccc1O.[Cl][Ru]=[C]1C=C(c2ccccc2)c2ccccc21.[Cl][Ru]=[C]1C=C(c2ccccc2)c2ccccc21. The Balaban J connectivity index is 0.000000134. The minimum atomic E-state index is -0.218. The van der Waals surface area contributed by atoms with Gasteiger partial charge in [-0.25, -0.2) is 13.1 Å². The van der Waals surface area contributed by atoms with Crippen LogP contribution in [0, 0.1) is 75.4 Å². The molecule has 6 nitrogen and oxygen atoms in total. The number of nitrogens with zero attached hydrogens (tertiary/aromatic N) is 4. The molecule has 0 amide bonds. The summed E-state index contributed by atoms with van der Waals surface area (Å²) in [6, 6.07) is 75.4. The molecule has 0 aromatic heterocycles. The van der Waals surface area contributed by atoms with Gasteiger partial charge in [-0.2, -0.15) is 12.8 Å². The molecular formula is C85H84Cl2N4O2Ru2-2. The van der Waals surface area contributed by atoms with Crippen molar-refractivity contribution in [3.63, 3.8) is 0 Å². The third kappa shape index (κ3) is 19.3. The van der Waals surface area contributed by atoms with E-state index in [9.17, 15) is 10.2 Å². The monoisotopic (exact) mass is 1470 g/mol. The first-order valence-corrected chi connectivity index (χ1v) is 38.4. The van der Waals surface area contributed by atoms with Gasteiger partial charge in [-0.05, 0) is 145 Å². The Morgan fingerprint density at radius 3 is 1.14 bits per heavy atom. The summed E-state index contributed by atoms with van der Waals surface area (Å²) >= 11 is -0.436. The van der Waals surface area contributed by atoms with Crippen molar-refractivity contribution in [1.82, 2.24) is 0 Å². The molecule has 2 fully saturated rings. The van der Waals surface area contributed by atoms with E-state index in [4.69, 9.17) is 19.4 Å². The molecule has 0 unspecified atom stereocenters. The predicted octanol–water partition coefficient (Wildman–Crippen LogP) is 21.7. The minimum absolute atomic E-state index is 0.218. The van der Waals surface area contributed by atoms with E-state index in [1.165, 1.54) is 136 Å². The van der Waals surface area contributed by atoms with Crippen molar-refractivity contribution in [3.05, 3.63) is 344 Å². The normalized spacial score (nSPS) is 14.4. The molecule has 2 heterocycles. The Bertz CT molecular complexity index is 4130. The number of phenolic OH excluding ortho intramolecular Hbond substituents is 2. The molecule has 2 N–H and O–H groups in total. The molecule has 10 heteroatoms. The van der Waals surface area contributed by atoms with Gasteiger partial charge in [0.2, 0.25) is 0 Å².